The first-order valence-corrected chi connectivity index (χ1v) is 6.30. The van der Waals surface area contributed by atoms with Gasteiger partial charge in [0.25, 0.3) is 0 Å². The van der Waals surface area contributed by atoms with E-state index in [2.05, 4.69) is 0 Å². The van der Waals surface area contributed by atoms with Crippen LogP contribution >= 0.6 is 23.2 Å². The van der Waals surface area contributed by atoms with E-state index in [0.29, 0.717) is 15.6 Å². The van der Waals surface area contributed by atoms with Gasteiger partial charge in [0.1, 0.15) is 11.6 Å². The molecule has 1 N–H and O–H groups in total. The molecule has 2 aromatic carbocycles. The van der Waals surface area contributed by atoms with Crippen LogP contribution in [-0.4, -0.2) is 5.11 Å². The van der Waals surface area contributed by atoms with E-state index in [1.54, 1.807) is 0 Å². The molecule has 0 saturated carbocycles. The summed E-state index contributed by atoms with van der Waals surface area (Å²) >= 11 is 11.7. The minimum absolute atomic E-state index is 0.00779. The molecule has 0 bridgehead atoms. The Bertz CT molecular complexity index is 602. The van der Waals surface area contributed by atoms with Gasteiger partial charge < -0.3 is 5.11 Å². The Morgan fingerprint density at radius 3 is 2.53 bits per heavy atom. The molecule has 0 aliphatic rings. The quantitative estimate of drug-likeness (QED) is 0.882. The molecule has 19 heavy (non-hydrogen) atoms. The fourth-order valence-corrected chi connectivity index (χ4v) is 2.16. The van der Waals surface area contributed by atoms with Crippen molar-refractivity contribution in [3.63, 3.8) is 0 Å². The molecule has 2 rings (SSSR count). The highest BCUT2D eigenvalue weighted by molar-refractivity contribution is 6.31. The smallest absolute Gasteiger partial charge is 0.129 e. The molecule has 0 aromatic heterocycles. The zero-order valence-corrected chi connectivity index (χ0v) is 11.2. The molecular weight excluding hydrogens is 293 g/mol. The second-order valence-electron chi connectivity index (χ2n) is 4.12. The lowest BCUT2D eigenvalue weighted by molar-refractivity contribution is 0.173. The number of aliphatic hydroxyl groups is 1. The summed E-state index contributed by atoms with van der Waals surface area (Å²) < 4.78 is 26.7. The molecule has 0 radical (unpaired) electrons. The van der Waals surface area contributed by atoms with Crippen molar-refractivity contribution in [2.75, 3.05) is 0 Å². The van der Waals surface area contributed by atoms with Gasteiger partial charge in [-0.1, -0.05) is 23.2 Å². The normalized spacial score (nSPS) is 12.5. The first-order valence-electron chi connectivity index (χ1n) is 5.54. The number of rotatable bonds is 3. The molecule has 0 aliphatic carbocycles. The van der Waals surface area contributed by atoms with E-state index in [1.807, 2.05) is 0 Å². The topological polar surface area (TPSA) is 20.2 Å². The van der Waals surface area contributed by atoms with Crippen LogP contribution in [0.5, 0.6) is 0 Å². The number of halogens is 4. The Hall–Kier alpha value is -1.16. The molecule has 100 valence electrons. The van der Waals surface area contributed by atoms with E-state index in [9.17, 15) is 13.9 Å². The number of benzene rings is 2. The summed E-state index contributed by atoms with van der Waals surface area (Å²) in [6, 6.07) is 7.74. The first-order chi connectivity index (χ1) is 8.97. The van der Waals surface area contributed by atoms with Gasteiger partial charge in [-0.2, -0.15) is 0 Å². The SMILES string of the molecule is OC(Cc1cc(F)ccc1Cl)c1cc(Cl)ccc1F. The Balaban J connectivity index is 2.27. The second-order valence-corrected chi connectivity index (χ2v) is 4.97. The summed E-state index contributed by atoms with van der Waals surface area (Å²) in [6.45, 7) is 0. The van der Waals surface area contributed by atoms with Crippen LogP contribution in [0.1, 0.15) is 17.2 Å². The van der Waals surface area contributed by atoms with Gasteiger partial charge in [0.05, 0.1) is 6.10 Å². The van der Waals surface area contributed by atoms with Crippen molar-refractivity contribution in [2.24, 2.45) is 0 Å². The molecule has 0 saturated heterocycles. The molecule has 0 aliphatic heterocycles. The fraction of sp³-hybridized carbons (Fsp3) is 0.143. The Morgan fingerprint density at radius 1 is 1.05 bits per heavy atom. The predicted octanol–water partition coefficient (Wildman–Crippen LogP) is 4.55. The average molecular weight is 303 g/mol. The van der Waals surface area contributed by atoms with Crippen LogP contribution in [0.4, 0.5) is 8.78 Å². The third-order valence-corrected chi connectivity index (χ3v) is 3.34. The standard InChI is InChI=1S/C14H10Cl2F2O/c15-9-1-4-13(18)11(7-9)14(19)6-8-5-10(17)2-3-12(8)16/h1-5,7,14,19H,6H2. The maximum Gasteiger partial charge on any atom is 0.129 e. The minimum atomic E-state index is -1.14. The Labute approximate surface area is 119 Å². The van der Waals surface area contributed by atoms with Crippen molar-refractivity contribution >= 4 is 23.2 Å². The lowest BCUT2D eigenvalue weighted by atomic mass is 10.0. The van der Waals surface area contributed by atoms with E-state index in [-0.39, 0.29) is 12.0 Å². The van der Waals surface area contributed by atoms with Gasteiger partial charge in [-0.05, 0) is 42.0 Å². The van der Waals surface area contributed by atoms with Crippen molar-refractivity contribution in [3.8, 4) is 0 Å². The lowest BCUT2D eigenvalue weighted by Crippen LogP contribution is -2.05. The molecule has 0 spiro atoms. The van der Waals surface area contributed by atoms with Crippen molar-refractivity contribution in [2.45, 2.75) is 12.5 Å². The monoisotopic (exact) mass is 302 g/mol. The van der Waals surface area contributed by atoms with Crippen molar-refractivity contribution in [3.05, 3.63) is 69.2 Å². The van der Waals surface area contributed by atoms with Crippen molar-refractivity contribution in [1.29, 1.82) is 0 Å². The summed E-state index contributed by atoms with van der Waals surface area (Å²) in [5, 5.41) is 10.7. The molecular formula is C14H10Cl2F2O. The summed E-state index contributed by atoms with van der Waals surface area (Å²) in [6.07, 6.45) is -1.13. The van der Waals surface area contributed by atoms with E-state index in [4.69, 9.17) is 23.2 Å². The summed E-state index contributed by atoms with van der Waals surface area (Å²) in [7, 11) is 0. The Morgan fingerprint density at radius 2 is 1.79 bits per heavy atom. The van der Waals surface area contributed by atoms with E-state index in [1.165, 1.54) is 36.4 Å². The average Bonchev–Trinajstić information content (AvgIpc) is 2.36. The molecule has 0 heterocycles. The number of hydrogen-bond donors (Lipinski definition) is 1. The van der Waals surface area contributed by atoms with Gasteiger partial charge >= 0.3 is 0 Å². The van der Waals surface area contributed by atoms with Gasteiger partial charge in [0.15, 0.2) is 0 Å². The Kier molecular flexibility index (Phi) is 4.40. The third-order valence-electron chi connectivity index (χ3n) is 2.74. The van der Waals surface area contributed by atoms with E-state index < -0.39 is 17.7 Å². The van der Waals surface area contributed by atoms with Crippen LogP contribution in [0.25, 0.3) is 0 Å². The first kappa shape index (κ1) is 14.3. The van der Waals surface area contributed by atoms with Crippen LogP contribution in [0, 0.1) is 11.6 Å². The minimum Gasteiger partial charge on any atom is -0.388 e. The van der Waals surface area contributed by atoms with Gasteiger partial charge in [-0.15, -0.1) is 0 Å². The van der Waals surface area contributed by atoms with Crippen LogP contribution < -0.4 is 0 Å². The molecule has 0 fully saturated rings. The van der Waals surface area contributed by atoms with Gasteiger partial charge in [-0.25, -0.2) is 8.78 Å². The lowest BCUT2D eigenvalue weighted by Gasteiger charge is -2.13. The number of hydrogen-bond acceptors (Lipinski definition) is 1. The molecule has 2 aromatic rings. The summed E-state index contributed by atoms with van der Waals surface area (Å²) in [5.74, 6) is -1.03. The van der Waals surface area contributed by atoms with Crippen molar-refractivity contribution in [1.82, 2.24) is 0 Å². The van der Waals surface area contributed by atoms with Crippen molar-refractivity contribution < 1.29 is 13.9 Å². The zero-order valence-electron chi connectivity index (χ0n) is 9.71. The summed E-state index contributed by atoms with van der Waals surface area (Å²) in [4.78, 5) is 0. The predicted molar refractivity (Wildman–Crippen MR) is 71.5 cm³/mol. The van der Waals surface area contributed by atoms with E-state index in [0.717, 1.165) is 0 Å². The van der Waals surface area contributed by atoms with Crippen LogP contribution in [0.2, 0.25) is 10.0 Å². The zero-order chi connectivity index (χ0) is 14.0. The molecule has 1 unspecified atom stereocenters. The van der Waals surface area contributed by atoms with Gasteiger partial charge in [0, 0.05) is 22.0 Å². The maximum atomic E-state index is 13.6. The van der Waals surface area contributed by atoms with Crippen LogP contribution in [0.3, 0.4) is 0 Å². The molecule has 1 nitrogen and oxygen atoms in total. The van der Waals surface area contributed by atoms with Crippen LogP contribution in [0.15, 0.2) is 36.4 Å². The molecule has 1 atom stereocenters. The highest BCUT2D eigenvalue weighted by Crippen LogP contribution is 2.27. The van der Waals surface area contributed by atoms with Gasteiger partial charge in [0.2, 0.25) is 0 Å². The molecule has 0 amide bonds. The highest BCUT2D eigenvalue weighted by atomic mass is 35.5. The van der Waals surface area contributed by atoms with E-state index >= 15 is 0 Å². The summed E-state index contributed by atoms with van der Waals surface area (Å²) in [5.41, 5.74) is 0.473. The largest absolute Gasteiger partial charge is 0.388 e. The second kappa shape index (κ2) is 5.87. The van der Waals surface area contributed by atoms with Gasteiger partial charge in [-0.3, -0.25) is 0 Å². The highest BCUT2D eigenvalue weighted by Gasteiger charge is 2.16. The molecule has 5 heteroatoms. The van der Waals surface area contributed by atoms with Crippen LogP contribution in [-0.2, 0) is 6.42 Å². The number of aliphatic hydroxyl groups excluding tert-OH is 1. The fourth-order valence-electron chi connectivity index (χ4n) is 1.79. The third kappa shape index (κ3) is 3.44. The maximum absolute atomic E-state index is 13.6.